The zero-order valence-electron chi connectivity index (χ0n) is 21.4. The summed E-state index contributed by atoms with van der Waals surface area (Å²) in [5.74, 6) is 1.35. The standard InChI is InChI=1S/C33H24N5OP/c39-40(28-21-11-4-12-22-28)37(27-19-9-3-10-20-27)29-23-13-14-24-30(29)38(40)33-35-31(25-15-5-1-6-16-25)34-32(36-33)26-17-7-2-8-18-26/h1-24H. The highest BCUT2D eigenvalue weighted by molar-refractivity contribution is 7.76. The minimum Gasteiger partial charge on any atom is -0.270 e. The molecule has 40 heavy (non-hydrogen) atoms. The van der Waals surface area contributed by atoms with Crippen molar-refractivity contribution in [2.24, 2.45) is 0 Å². The van der Waals surface area contributed by atoms with E-state index < -0.39 is 7.44 Å². The molecular formula is C33H24N5OP. The molecule has 5 aromatic carbocycles. The predicted octanol–water partition coefficient (Wildman–Crippen LogP) is 8.01. The van der Waals surface area contributed by atoms with E-state index in [0.29, 0.717) is 22.9 Å². The summed E-state index contributed by atoms with van der Waals surface area (Å²) in [5.41, 5.74) is 4.12. The second-order valence-corrected chi connectivity index (χ2v) is 11.7. The molecule has 6 aromatic rings. The number of rotatable bonds is 5. The van der Waals surface area contributed by atoms with E-state index >= 15 is 4.57 Å². The number of benzene rings is 5. The van der Waals surface area contributed by atoms with Gasteiger partial charge in [-0.2, -0.15) is 9.97 Å². The van der Waals surface area contributed by atoms with Gasteiger partial charge >= 0.3 is 7.44 Å². The monoisotopic (exact) mass is 537 g/mol. The van der Waals surface area contributed by atoms with Crippen molar-refractivity contribution < 1.29 is 4.57 Å². The molecule has 0 spiro atoms. The lowest BCUT2D eigenvalue weighted by molar-refractivity contribution is 0.582. The average Bonchev–Trinajstić information content (AvgIpc) is 3.31. The van der Waals surface area contributed by atoms with E-state index in [2.05, 4.69) is 0 Å². The molecule has 0 saturated carbocycles. The number of nitrogens with zero attached hydrogens (tertiary/aromatic N) is 5. The highest BCUT2D eigenvalue weighted by atomic mass is 31.2. The van der Waals surface area contributed by atoms with Crippen LogP contribution in [0, 0.1) is 0 Å². The predicted molar refractivity (Wildman–Crippen MR) is 162 cm³/mol. The Morgan fingerprint density at radius 2 is 0.875 bits per heavy atom. The highest BCUT2D eigenvalue weighted by Crippen LogP contribution is 2.69. The molecule has 192 valence electrons. The molecule has 0 bridgehead atoms. The summed E-state index contributed by atoms with van der Waals surface area (Å²) in [5, 5.41) is 0.679. The number of hydrogen-bond donors (Lipinski definition) is 0. The van der Waals surface area contributed by atoms with Gasteiger partial charge in [-0.05, 0) is 36.4 Å². The summed E-state index contributed by atoms with van der Waals surface area (Å²) in [4.78, 5) is 14.8. The molecule has 0 radical (unpaired) electrons. The summed E-state index contributed by atoms with van der Waals surface area (Å²) in [6.07, 6.45) is 0. The number of anilines is 4. The fourth-order valence-electron chi connectivity index (χ4n) is 5.04. The minimum atomic E-state index is -3.58. The maximum Gasteiger partial charge on any atom is 0.304 e. The molecule has 1 atom stereocenters. The molecule has 0 amide bonds. The molecule has 6 nitrogen and oxygen atoms in total. The molecule has 2 heterocycles. The van der Waals surface area contributed by atoms with Crippen molar-refractivity contribution in [1.82, 2.24) is 15.0 Å². The van der Waals surface area contributed by atoms with Gasteiger partial charge in [0.25, 0.3) is 0 Å². The van der Waals surface area contributed by atoms with Gasteiger partial charge in [0.05, 0.1) is 16.7 Å². The van der Waals surface area contributed by atoms with Crippen molar-refractivity contribution in [3.63, 3.8) is 0 Å². The van der Waals surface area contributed by atoms with Crippen molar-refractivity contribution in [2.75, 3.05) is 9.34 Å². The number of hydrogen-bond acceptors (Lipinski definition) is 4. The van der Waals surface area contributed by atoms with Crippen LogP contribution in [0.1, 0.15) is 0 Å². The van der Waals surface area contributed by atoms with Gasteiger partial charge in [-0.3, -0.25) is 9.24 Å². The van der Waals surface area contributed by atoms with E-state index in [1.165, 1.54) is 0 Å². The van der Waals surface area contributed by atoms with Crippen LogP contribution in [-0.4, -0.2) is 15.0 Å². The van der Waals surface area contributed by atoms with Gasteiger partial charge in [0.15, 0.2) is 11.6 Å². The van der Waals surface area contributed by atoms with Crippen LogP contribution in [0.25, 0.3) is 22.8 Å². The first-order valence-corrected chi connectivity index (χ1v) is 14.6. The Labute approximate surface area is 232 Å². The Hall–Kier alpha value is -5.06. The molecule has 1 unspecified atom stereocenters. The average molecular weight is 538 g/mol. The lowest BCUT2D eigenvalue weighted by atomic mass is 10.2. The lowest BCUT2D eigenvalue weighted by Gasteiger charge is -2.32. The fourth-order valence-corrected chi connectivity index (χ4v) is 7.94. The smallest absolute Gasteiger partial charge is 0.270 e. The van der Waals surface area contributed by atoms with E-state index in [1.807, 2.05) is 155 Å². The fraction of sp³-hybridized carbons (Fsp3) is 0. The van der Waals surface area contributed by atoms with Gasteiger partial charge in [-0.1, -0.05) is 109 Å². The van der Waals surface area contributed by atoms with Crippen LogP contribution >= 0.6 is 7.44 Å². The van der Waals surface area contributed by atoms with Crippen molar-refractivity contribution in [1.29, 1.82) is 0 Å². The van der Waals surface area contributed by atoms with Crippen LogP contribution in [0.15, 0.2) is 146 Å². The van der Waals surface area contributed by atoms with Crippen LogP contribution < -0.4 is 14.6 Å². The summed E-state index contributed by atoms with van der Waals surface area (Å²) in [6, 6.07) is 46.9. The van der Waals surface area contributed by atoms with E-state index in [1.54, 1.807) is 0 Å². The normalized spacial score (nSPS) is 16.1. The first-order valence-electron chi connectivity index (χ1n) is 13.0. The van der Waals surface area contributed by atoms with E-state index in [0.717, 1.165) is 28.2 Å². The molecule has 0 saturated heterocycles. The Morgan fingerprint density at radius 3 is 1.40 bits per heavy atom. The van der Waals surface area contributed by atoms with Crippen LogP contribution in [-0.2, 0) is 4.57 Å². The summed E-state index contributed by atoms with van der Waals surface area (Å²) in [7, 11) is -3.58. The van der Waals surface area contributed by atoms with Crippen molar-refractivity contribution in [3.8, 4) is 22.8 Å². The molecular weight excluding hydrogens is 513 g/mol. The largest absolute Gasteiger partial charge is 0.304 e. The van der Waals surface area contributed by atoms with Gasteiger partial charge in [-0.15, -0.1) is 0 Å². The topological polar surface area (TPSA) is 62.2 Å². The number of fused-ring (bicyclic) bond motifs is 1. The third kappa shape index (κ3) is 3.98. The number of para-hydroxylation sites is 3. The Balaban J connectivity index is 1.53. The first kappa shape index (κ1) is 24.0. The maximum absolute atomic E-state index is 15.8. The molecule has 7 rings (SSSR count). The highest BCUT2D eigenvalue weighted by Gasteiger charge is 2.50. The van der Waals surface area contributed by atoms with Crippen LogP contribution in [0.5, 0.6) is 0 Å². The molecule has 0 aliphatic carbocycles. The Bertz CT molecular complexity index is 1780. The first-order chi connectivity index (χ1) is 19.7. The van der Waals surface area contributed by atoms with E-state index in [9.17, 15) is 0 Å². The van der Waals surface area contributed by atoms with Crippen LogP contribution in [0.2, 0.25) is 0 Å². The summed E-state index contributed by atoms with van der Waals surface area (Å²) >= 11 is 0. The minimum absolute atomic E-state index is 0.325. The Kier molecular flexibility index (Phi) is 5.95. The maximum atomic E-state index is 15.8. The Morgan fingerprint density at radius 1 is 0.450 bits per heavy atom. The van der Waals surface area contributed by atoms with Crippen LogP contribution in [0.4, 0.5) is 23.0 Å². The lowest BCUT2D eigenvalue weighted by Crippen LogP contribution is -2.27. The molecule has 0 N–H and O–H groups in total. The summed E-state index contributed by atoms with van der Waals surface area (Å²) in [6.45, 7) is 0. The van der Waals surface area contributed by atoms with Gasteiger partial charge in [-0.25, -0.2) is 9.65 Å². The third-order valence-electron chi connectivity index (χ3n) is 6.85. The van der Waals surface area contributed by atoms with E-state index in [-0.39, 0.29) is 0 Å². The molecule has 0 fully saturated rings. The summed E-state index contributed by atoms with van der Waals surface area (Å²) < 4.78 is 19.5. The third-order valence-corrected chi connectivity index (χ3v) is 9.75. The van der Waals surface area contributed by atoms with Crippen molar-refractivity contribution in [3.05, 3.63) is 146 Å². The zero-order valence-corrected chi connectivity index (χ0v) is 22.3. The number of aromatic nitrogens is 3. The van der Waals surface area contributed by atoms with Gasteiger partial charge in [0.1, 0.15) is 0 Å². The second kappa shape index (κ2) is 9.92. The van der Waals surface area contributed by atoms with Crippen molar-refractivity contribution in [2.45, 2.75) is 0 Å². The zero-order chi connectivity index (χ0) is 26.9. The molecule has 1 aliphatic heterocycles. The van der Waals surface area contributed by atoms with Gasteiger partial charge < -0.3 is 0 Å². The second-order valence-electron chi connectivity index (χ2n) is 9.34. The molecule has 7 heteroatoms. The van der Waals surface area contributed by atoms with Gasteiger partial charge in [0.2, 0.25) is 5.95 Å². The van der Waals surface area contributed by atoms with Crippen LogP contribution in [0.3, 0.4) is 0 Å². The quantitative estimate of drug-likeness (QED) is 0.208. The van der Waals surface area contributed by atoms with E-state index in [4.69, 9.17) is 15.0 Å². The molecule has 1 aliphatic rings. The molecule has 1 aromatic heterocycles. The van der Waals surface area contributed by atoms with Gasteiger partial charge in [0, 0.05) is 16.8 Å². The van der Waals surface area contributed by atoms with Crippen molar-refractivity contribution >= 4 is 35.8 Å². The SMILES string of the molecule is O=P1(c2ccccc2)N(c2ccccc2)c2ccccc2N1c1nc(-c2ccccc2)nc(-c2ccccc2)n1.